The van der Waals surface area contributed by atoms with Gasteiger partial charge in [-0.1, -0.05) is 0 Å². The Balaban J connectivity index is 1.85. The highest BCUT2D eigenvalue weighted by Crippen LogP contribution is 2.38. The molecule has 1 saturated heterocycles. The second kappa shape index (κ2) is 5.67. The summed E-state index contributed by atoms with van der Waals surface area (Å²) in [6.45, 7) is -0.388. The molecular weight excluding hydrogens is 333 g/mol. The molecule has 0 bridgehead atoms. The number of H-pyrrole nitrogens is 1. The average Bonchev–Trinajstić information content (AvgIpc) is 2.99. The Morgan fingerprint density at radius 2 is 2.30 bits per heavy atom. The summed E-state index contributed by atoms with van der Waals surface area (Å²) in [5.74, 6) is -0.113. The van der Waals surface area contributed by atoms with Crippen molar-refractivity contribution in [3.8, 4) is 0 Å². The van der Waals surface area contributed by atoms with E-state index >= 15 is 0 Å². The van der Waals surface area contributed by atoms with Crippen LogP contribution in [0, 0.1) is 0 Å². The first kappa shape index (κ1) is 16.1. The number of anilines is 1. The summed E-state index contributed by atoms with van der Waals surface area (Å²) in [7, 11) is -4.63. The lowest BCUT2D eigenvalue weighted by atomic mass is 10.2. The number of fused-ring (bicyclic) bond motifs is 1. The summed E-state index contributed by atoms with van der Waals surface area (Å²) in [6, 6.07) is 0. The van der Waals surface area contributed by atoms with Crippen molar-refractivity contribution in [2.45, 2.75) is 24.9 Å². The summed E-state index contributed by atoms with van der Waals surface area (Å²) in [4.78, 5) is 39.3. The number of nitrogen functional groups attached to an aromatic ring is 1. The molecule has 3 atom stereocenters. The van der Waals surface area contributed by atoms with Crippen LogP contribution < -0.4 is 11.3 Å². The zero-order valence-corrected chi connectivity index (χ0v) is 12.5. The molecule has 1 aliphatic heterocycles. The maximum atomic E-state index is 11.7. The molecule has 0 unspecified atom stereocenters. The Labute approximate surface area is 128 Å². The van der Waals surface area contributed by atoms with Gasteiger partial charge in [0.1, 0.15) is 6.10 Å². The summed E-state index contributed by atoms with van der Waals surface area (Å²) >= 11 is 0. The highest BCUT2D eigenvalue weighted by atomic mass is 31.2. The molecule has 1 aliphatic rings. The fourth-order valence-corrected chi connectivity index (χ4v) is 2.76. The Kier molecular flexibility index (Phi) is 3.96. The molecule has 23 heavy (non-hydrogen) atoms. The number of hydrogen-bond acceptors (Lipinski definition) is 8. The van der Waals surface area contributed by atoms with Gasteiger partial charge in [0.2, 0.25) is 5.95 Å². The van der Waals surface area contributed by atoms with Crippen molar-refractivity contribution in [2.75, 3.05) is 12.3 Å². The summed E-state index contributed by atoms with van der Waals surface area (Å²) in [5, 5.41) is 10.1. The van der Waals surface area contributed by atoms with Gasteiger partial charge in [-0.15, -0.1) is 0 Å². The predicted octanol–water partition coefficient (Wildman–Crippen LogP) is -1.54. The maximum Gasteiger partial charge on any atom is 0.469 e. The van der Waals surface area contributed by atoms with Crippen molar-refractivity contribution in [3.05, 3.63) is 16.7 Å². The molecule has 6 N–H and O–H groups in total. The highest BCUT2D eigenvalue weighted by Gasteiger charge is 2.37. The van der Waals surface area contributed by atoms with Gasteiger partial charge in [0.05, 0.1) is 19.0 Å². The summed E-state index contributed by atoms with van der Waals surface area (Å²) in [5.41, 5.74) is 5.13. The number of aromatic amines is 1. The van der Waals surface area contributed by atoms with Crippen LogP contribution in [0.5, 0.6) is 0 Å². The maximum absolute atomic E-state index is 11.7. The van der Waals surface area contributed by atoms with E-state index in [1.165, 1.54) is 10.9 Å². The fraction of sp³-hybridized carbons (Fsp3) is 0.500. The molecule has 2 aromatic rings. The van der Waals surface area contributed by atoms with E-state index in [0.717, 1.165) is 0 Å². The van der Waals surface area contributed by atoms with Crippen molar-refractivity contribution in [1.82, 2.24) is 19.5 Å². The number of aromatic nitrogens is 4. The first-order valence-electron chi connectivity index (χ1n) is 6.50. The van der Waals surface area contributed by atoms with Crippen LogP contribution in [0.1, 0.15) is 12.6 Å². The van der Waals surface area contributed by atoms with Crippen LogP contribution in [0.2, 0.25) is 0 Å². The average molecular weight is 347 g/mol. The Hall–Kier alpha value is -1.82. The number of aliphatic hydroxyl groups excluding tert-OH is 1. The number of imidazole rings is 1. The zero-order valence-electron chi connectivity index (χ0n) is 11.6. The van der Waals surface area contributed by atoms with E-state index in [0.29, 0.717) is 0 Å². The molecule has 12 nitrogen and oxygen atoms in total. The van der Waals surface area contributed by atoms with E-state index in [9.17, 15) is 14.5 Å². The molecule has 0 amide bonds. The Morgan fingerprint density at radius 1 is 1.57 bits per heavy atom. The minimum atomic E-state index is -4.63. The number of nitrogens with one attached hydrogen (secondary N) is 1. The second-order valence-electron chi connectivity index (χ2n) is 5.01. The fourth-order valence-electron chi connectivity index (χ4n) is 2.40. The van der Waals surface area contributed by atoms with Gasteiger partial charge >= 0.3 is 7.82 Å². The largest absolute Gasteiger partial charge is 0.469 e. The quantitative estimate of drug-likeness (QED) is 0.406. The van der Waals surface area contributed by atoms with Gasteiger partial charge in [-0.2, -0.15) is 4.98 Å². The molecule has 126 valence electrons. The van der Waals surface area contributed by atoms with Gasteiger partial charge < -0.3 is 25.4 Å². The lowest BCUT2D eigenvalue weighted by molar-refractivity contribution is -0.0481. The second-order valence-corrected chi connectivity index (χ2v) is 6.25. The van der Waals surface area contributed by atoms with Gasteiger partial charge in [0.25, 0.3) is 5.56 Å². The number of phosphoric ester groups is 1. The molecule has 1 fully saturated rings. The first-order valence-corrected chi connectivity index (χ1v) is 8.03. The van der Waals surface area contributed by atoms with Crippen molar-refractivity contribution in [1.29, 1.82) is 0 Å². The van der Waals surface area contributed by atoms with Crippen LogP contribution in [0.25, 0.3) is 11.2 Å². The molecule has 0 aliphatic carbocycles. The molecule has 0 aromatic carbocycles. The molecule has 3 heterocycles. The number of rotatable bonds is 4. The van der Waals surface area contributed by atoms with E-state index in [2.05, 4.69) is 19.5 Å². The van der Waals surface area contributed by atoms with Gasteiger partial charge in [-0.3, -0.25) is 18.9 Å². The third-order valence-corrected chi connectivity index (χ3v) is 3.80. The number of ether oxygens (including phenoxy) is 1. The molecule has 0 spiro atoms. The Bertz CT molecular complexity index is 829. The first-order chi connectivity index (χ1) is 10.7. The number of nitrogens with zero attached hydrogens (tertiary/aromatic N) is 3. The van der Waals surface area contributed by atoms with Crippen LogP contribution in [0.4, 0.5) is 5.95 Å². The lowest BCUT2D eigenvalue weighted by Gasteiger charge is -2.17. The van der Waals surface area contributed by atoms with Crippen LogP contribution in [0.3, 0.4) is 0 Å². The van der Waals surface area contributed by atoms with Gasteiger partial charge in [-0.05, 0) is 0 Å². The molecule has 2 aromatic heterocycles. The predicted molar refractivity (Wildman–Crippen MR) is 75.1 cm³/mol. The van der Waals surface area contributed by atoms with Crippen molar-refractivity contribution < 1.29 is 28.7 Å². The monoisotopic (exact) mass is 347 g/mol. The molecule has 13 heteroatoms. The molecule has 3 rings (SSSR count). The summed E-state index contributed by atoms with van der Waals surface area (Å²) < 4.78 is 21.9. The van der Waals surface area contributed by atoms with E-state index in [-0.39, 0.29) is 30.1 Å². The van der Waals surface area contributed by atoms with Gasteiger partial charge in [0, 0.05) is 6.42 Å². The minimum absolute atomic E-state index is 0.0323. The van der Waals surface area contributed by atoms with Crippen LogP contribution >= 0.6 is 7.82 Å². The topological polar surface area (TPSA) is 186 Å². The molecule has 0 radical (unpaired) electrons. The smallest absolute Gasteiger partial charge is 0.388 e. The van der Waals surface area contributed by atoms with E-state index in [4.69, 9.17) is 20.3 Å². The SMILES string of the molecule is Nc1nc2c(ncn2[C@@H]2O[C@H](COP(=O)(O)O)C[C@H]2O)c(=O)[nH]1. The van der Waals surface area contributed by atoms with Crippen molar-refractivity contribution >= 4 is 24.9 Å². The van der Waals surface area contributed by atoms with E-state index in [1.54, 1.807) is 0 Å². The highest BCUT2D eigenvalue weighted by molar-refractivity contribution is 7.46. The van der Waals surface area contributed by atoms with Crippen LogP contribution in [0.15, 0.2) is 11.1 Å². The number of aliphatic hydroxyl groups is 1. The van der Waals surface area contributed by atoms with Gasteiger partial charge in [-0.25, -0.2) is 9.55 Å². The zero-order chi connectivity index (χ0) is 16.8. The van der Waals surface area contributed by atoms with Crippen LogP contribution in [-0.2, 0) is 13.8 Å². The third-order valence-electron chi connectivity index (χ3n) is 3.32. The normalized spacial score (nSPS) is 25.3. The van der Waals surface area contributed by atoms with Crippen molar-refractivity contribution in [3.63, 3.8) is 0 Å². The van der Waals surface area contributed by atoms with Crippen molar-refractivity contribution in [2.24, 2.45) is 0 Å². The number of phosphoric acid groups is 1. The third kappa shape index (κ3) is 3.27. The Morgan fingerprint density at radius 3 is 3.00 bits per heavy atom. The van der Waals surface area contributed by atoms with E-state index in [1.807, 2.05) is 0 Å². The molecule has 0 saturated carbocycles. The van der Waals surface area contributed by atoms with E-state index < -0.39 is 31.8 Å². The van der Waals surface area contributed by atoms with Gasteiger partial charge in [0.15, 0.2) is 17.4 Å². The minimum Gasteiger partial charge on any atom is -0.388 e. The lowest BCUT2D eigenvalue weighted by Crippen LogP contribution is -2.20. The standard InChI is InChI=1S/C10H14N5O7P/c11-10-13-7-6(8(17)14-10)12-3-15(7)9-5(16)1-4(22-9)2-21-23(18,19)20/h3-5,9,16H,1-2H2,(H2,18,19,20)(H3,11,13,14,17)/t4-,5+,9+/m0/s1. The summed E-state index contributed by atoms with van der Waals surface area (Å²) in [6.07, 6.45) is -1.31. The van der Waals surface area contributed by atoms with Crippen LogP contribution in [-0.4, -0.2) is 53.2 Å². The number of hydrogen-bond donors (Lipinski definition) is 5. The molecular formula is C10H14N5O7P. The number of nitrogens with two attached hydrogens (primary N) is 1.